The van der Waals surface area contributed by atoms with E-state index in [0.717, 1.165) is 0 Å². The monoisotopic (exact) mass is 156 g/mol. The first-order valence-corrected chi connectivity index (χ1v) is 3.63. The van der Waals surface area contributed by atoms with Gasteiger partial charge in [0.25, 0.3) is 0 Å². The zero-order valence-electron chi connectivity index (χ0n) is 6.76. The minimum Gasteiger partial charge on any atom is -0.465 e. The van der Waals surface area contributed by atoms with Crippen molar-refractivity contribution in [2.45, 2.75) is 13.8 Å². The van der Waals surface area contributed by atoms with E-state index in [9.17, 15) is 4.79 Å². The van der Waals surface area contributed by atoms with Gasteiger partial charge in [-0.3, -0.25) is 4.79 Å². The number of ether oxygens (including phenoxy) is 1. The highest BCUT2D eigenvalue weighted by Crippen LogP contribution is 2.17. The lowest BCUT2D eigenvalue weighted by atomic mass is 9.94. The maximum atomic E-state index is 11.2. The Hall–Kier alpha value is -1.06. The maximum absolute atomic E-state index is 11.2. The molecule has 4 heteroatoms. The zero-order valence-corrected chi connectivity index (χ0v) is 6.76. The first-order chi connectivity index (χ1) is 5.19. The standard InChI is InChI=1S/C7H12N2O2/c1-3-11-6(10)7(2)4-8-9-5-7/h4,9H,3,5H2,1-2H3. The normalized spacial score (nSPS) is 28.2. The molecule has 1 heterocycles. The number of nitrogens with zero attached hydrogens (tertiary/aromatic N) is 1. The second-order valence-corrected chi connectivity index (χ2v) is 2.73. The molecule has 4 nitrogen and oxygen atoms in total. The Morgan fingerprint density at radius 3 is 3.09 bits per heavy atom. The molecule has 1 atom stereocenters. The topological polar surface area (TPSA) is 50.7 Å². The van der Waals surface area contributed by atoms with Crippen LogP contribution in [0.25, 0.3) is 0 Å². The van der Waals surface area contributed by atoms with Crippen molar-refractivity contribution in [2.75, 3.05) is 13.2 Å². The van der Waals surface area contributed by atoms with Crippen molar-refractivity contribution in [1.29, 1.82) is 0 Å². The summed E-state index contributed by atoms with van der Waals surface area (Å²) >= 11 is 0. The molecule has 0 spiro atoms. The van der Waals surface area contributed by atoms with E-state index in [4.69, 9.17) is 4.74 Å². The summed E-state index contributed by atoms with van der Waals surface area (Å²) < 4.78 is 4.86. The Morgan fingerprint density at radius 1 is 1.91 bits per heavy atom. The molecule has 0 saturated carbocycles. The molecule has 1 N–H and O–H groups in total. The lowest BCUT2D eigenvalue weighted by Crippen LogP contribution is -2.34. The van der Waals surface area contributed by atoms with Gasteiger partial charge in [-0.2, -0.15) is 5.10 Å². The van der Waals surface area contributed by atoms with Gasteiger partial charge in [-0.05, 0) is 13.8 Å². The van der Waals surface area contributed by atoms with Gasteiger partial charge in [0.05, 0.1) is 13.2 Å². The molecule has 0 amide bonds. The van der Waals surface area contributed by atoms with Gasteiger partial charge in [-0.25, -0.2) is 0 Å². The molecule has 1 unspecified atom stereocenters. The quantitative estimate of drug-likeness (QED) is 0.579. The van der Waals surface area contributed by atoms with Crippen LogP contribution < -0.4 is 5.43 Å². The second-order valence-electron chi connectivity index (χ2n) is 2.73. The largest absolute Gasteiger partial charge is 0.465 e. The van der Waals surface area contributed by atoms with Gasteiger partial charge in [0.15, 0.2) is 0 Å². The Balaban J connectivity index is 2.57. The summed E-state index contributed by atoms with van der Waals surface area (Å²) in [7, 11) is 0. The van der Waals surface area contributed by atoms with E-state index in [1.807, 2.05) is 0 Å². The Bertz CT molecular complexity index is 191. The van der Waals surface area contributed by atoms with Crippen LogP contribution in [0.2, 0.25) is 0 Å². The Morgan fingerprint density at radius 2 is 2.64 bits per heavy atom. The third kappa shape index (κ3) is 1.50. The van der Waals surface area contributed by atoms with Crippen molar-refractivity contribution in [3.8, 4) is 0 Å². The van der Waals surface area contributed by atoms with Gasteiger partial charge in [0, 0.05) is 6.21 Å². The molecule has 0 saturated heterocycles. The molecule has 0 aromatic heterocycles. The molecular weight excluding hydrogens is 144 g/mol. The number of esters is 1. The lowest BCUT2D eigenvalue weighted by Gasteiger charge is -2.16. The van der Waals surface area contributed by atoms with Crippen molar-refractivity contribution in [1.82, 2.24) is 5.43 Å². The van der Waals surface area contributed by atoms with Crippen LogP contribution in [0.3, 0.4) is 0 Å². The van der Waals surface area contributed by atoms with Gasteiger partial charge in [0.1, 0.15) is 5.41 Å². The maximum Gasteiger partial charge on any atom is 0.319 e. The van der Waals surface area contributed by atoms with Crippen LogP contribution >= 0.6 is 0 Å². The third-order valence-electron chi connectivity index (χ3n) is 1.63. The van der Waals surface area contributed by atoms with E-state index in [2.05, 4.69) is 10.5 Å². The minimum absolute atomic E-state index is 0.214. The van der Waals surface area contributed by atoms with E-state index in [-0.39, 0.29) is 5.97 Å². The molecule has 0 aromatic carbocycles. The second kappa shape index (κ2) is 2.90. The molecule has 62 valence electrons. The van der Waals surface area contributed by atoms with Gasteiger partial charge in [-0.1, -0.05) is 0 Å². The summed E-state index contributed by atoms with van der Waals surface area (Å²) in [5, 5.41) is 3.76. The Labute approximate surface area is 65.6 Å². The number of rotatable bonds is 2. The molecule has 0 fully saturated rings. The highest BCUT2D eigenvalue weighted by atomic mass is 16.5. The predicted octanol–water partition coefficient (Wildman–Crippen LogP) is 0.145. The van der Waals surface area contributed by atoms with Crippen LogP contribution in [0.4, 0.5) is 0 Å². The van der Waals surface area contributed by atoms with Crippen molar-refractivity contribution < 1.29 is 9.53 Å². The number of carbonyl (C=O) groups excluding carboxylic acids is 1. The van der Waals surface area contributed by atoms with E-state index in [1.54, 1.807) is 20.1 Å². The molecule has 1 aliphatic rings. The van der Waals surface area contributed by atoms with Crippen molar-refractivity contribution in [3.63, 3.8) is 0 Å². The SMILES string of the molecule is CCOC(=O)C1(C)C=NNC1. The van der Waals surface area contributed by atoms with Crippen molar-refractivity contribution >= 4 is 12.2 Å². The van der Waals surface area contributed by atoms with Crippen LogP contribution in [0.1, 0.15) is 13.8 Å². The van der Waals surface area contributed by atoms with E-state index >= 15 is 0 Å². The third-order valence-corrected chi connectivity index (χ3v) is 1.63. The van der Waals surface area contributed by atoms with Gasteiger partial charge >= 0.3 is 5.97 Å². The fourth-order valence-corrected chi connectivity index (χ4v) is 0.864. The molecule has 0 aliphatic carbocycles. The zero-order chi connectivity index (χ0) is 8.32. The van der Waals surface area contributed by atoms with Crippen LogP contribution in [-0.4, -0.2) is 25.3 Å². The molecular formula is C7H12N2O2. The number of nitrogens with one attached hydrogen (secondary N) is 1. The number of carbonyl (C=O) groups is 1. The lowest BCUT2D eigenvalue weighted by molar-refractivity contribution is -0.149. The summed E-state index contributed by atoms with van der Waals surface area (Å²) in [5.41, 5.74) is 2.16. The summed E-state index contributed by atoms with van der Waals surface area (Å²) in [6, 6.07) is 0. The van der Waals surface area contributed by atoms with Gasteiger partial charge < -0.3 is 10.2 Å². The molecule has 0 radical (unpaired) electrons. The molecule has 1 aliphatic heterocycles. The average molecular weight is 156 g/mol. The van der Waals surface area contributed by atoms with Crippen LogP contribution in [0.5, 0.6) is 0 Å². The van der Waals surface area contributed by atoms with Crippen LogP contribution in [-0.2, 0) is 9.53 Å². The molecule has 0 aromatic rings. The Kier molecular flexibility index (Phi) is 2.12. The first-order valence-electron chi connectivity index (χ1n) is 3.63. The van der Waals surface area contributed by atoms with Crippen molar-refractivity contribution in [2.24, 2.45) is 10.5 Å². The van der Waals surface area contributed by atoms with E-state index < -0.39 is 5.41 Å². The fourth-order valence-electron chi connectivity index (χ4n) is 0.864. The molecule has 1 rings (SSSR count). The van der Waals surface area contributed by atoms with Crippen LogP contribution in [0.15, 0.2) is 5.10 Å². The summed E-state index contributed by atoms with van der Waals surface area (Å²) in [5.74, 6) is -0.214. The molecule has 0 bridgehead atoms. The fraction of sp³-hybridized carbons (Fsp3) is 0.714. The summed E-state index contributed by atoms with van der Waals surface area (Å²) in [6.45, 7) is 4.55. The van der Waals surface area contributed by atoms with Gasteiger partial charge in [-0.15, -0.1) is 0 Å². The number of hydrogen-bond acceptors (Lipinski definition) is 4. The first kappa shape index (κ1) is 8.04. The summed E-state index contributed by atoms with van der Waals surface area (Å²) in [6.07, 6.45) is 1.59. The highest BCUT2D eigenvalue weighted by molar-refractivity contribution is 5.95. The number of hydrazone groups is 1. The number of hydrogen-bond donors (Lipinski definition) is 1. The van der Waals surface area contributed by atoms with Crippen molar-refractivity contribution in [3.05, 3.63) is 0 Å². The smallest absolute Gasteiger partial charge is 0.319 e. The predicted molar refractivity (Wildman–Crippen MR) is 41.2 cm³/mol. The van der Waals surface area contributed by atoms with E-state index in [1.165, 1.54) is 0 Å². The minimum atomic E-state index is -0.560. The van der Waals surface area contributed by atoms with Gasteiger partial charge in [0.2, 0.25) is 0 Å². The van der Waals surface area contributed by atoms with Crippen LogP contribution in [0, 0.1) is 5.41 Å². The highest BCUT2D eigenvalue weighted by Gasteiger charge is 2.35. The summed E-state index contributed by atoms with van der Waals surface area (Å²) in [4.78, 5) is 11.2. The molecule has 11 heavy (non-hydrogen) atoms. The van der Waals surface area contributed by atoms with E-state index in [0.29, 0.717) is 13.2 Å². The average Bonchev–Trinajstić information content (AvgIpc) is 2.38.